The number of fused-ring (bicyclic) bond motifs is 1. The lowest BCUT2D eigenvalue weighted by Gasteiger charge is -2.22. The fraction of sp³-hybridized carbons (Fsp3) is 0.174. The molecule has 0 radical (unpaired) electrons. The van der Waals surface area contributed by atoms with Gasteiger partial charge < -0.3 is 10.6 Å². The largest absolute Gasteiger partial charge is 0.350 e. The van der Waals surface area contributed by atoms with Gasteiger partial charge in [0.15, 0.2) is 0 Å². The summed E-state index contributed by atoms with van der Waals surface area (Å²) in [5.41, 5.74) is 0.268. The van der Waals surface area contributed by atoms with Crippen molar-refractivity contribution in [2.75, 3.05) is 6.54 Å². The van der Waals surface area contributed by atoms with Crippen molar-refractivity contribution in [3.8, 4) is 0 Å². The number of imide groups is 1. The maximum Gasteiger partial charge on any atom is 0.325 e. The summed E-state index contributed by atoms with van der Waals surface area (Å²) >= 11 is 5.94. The van der Waals surface area contributed by atoms with Crippen molar-refractivity contribution in [2.24, 2.45) is 0 Å². The molecule has 1 heterocycles. The second-order valence-electron chi connectivity index (χ2n) is 7.42. The van der Waals surface area contributed by atoms with E-state index in [1.54, 1.807) is 25.1 Å². The second-order valence-corrected chi connectivity index (χ2v) is 7.85. The Morgan fingerprint density at radius 2 is 1.80 bits per heavy atom. The van der Waals surface area contributed by atoms with Gasteiger partial charge in [0.2, 0.25) is 5.91 Å². The average molecular weight is 422 g/mol. The average Bonchev–Trinajstić information content (AvgIpc) is 2.96. The molecule has 0 bridgehead atoms. The van der Waals surface area contributed by atoms with E-state index in [2.05, 4.69) is 10.6 Å². The van der Waals surface area contributed by atoms with Crippen molar-refractivity contribution < 1.29 is 14.4 Å². The van der Waals surface area contributed by atoms with Gasteiger partial charge in [-0.2, -0.15) is 0 Å². The van der Waals surface area contributed by atoms with E-state index < -0.39 is 23.4 Å². The van der Waals surface area contributed by atoms with Crippen molar-refractivity contribution in [3.63, 3.8) is 0 Å². The number of carbonyl (C=O) groups is 3. The Balaban J connectivity index is 1.48. The summed E-state index contributed by atoms with van der Waals surface area (Å²) in [6.45, 7) is 1.56. The summed E-state index contributed by atoms with van der Waals surface area (Å²) in [6.07, 6.45) is 0. The minimum absolute atomic E-state index is 0.255. The van der Waals surface area contributed by atoms with Crippen LogP contribution in [0.2, 0.25) is 5.02 Å². The number of amides is 4. The van der Waals surface area contributed by atoms with Gasteiger partial charge >= 0.3 is 6.03 Å². The zero-order valence-corrected chi connectivity index (χ0v) is 17.1. The molecule has 1 aliphatic heterocycles. The quantitative estimate of drug-likeness (QED) is 0.618. The molecule has 1 fully saturated rings. The van der Waals surface area contributed by atoms with E-state index in [4.69, 9.17) is 11.6 Å². The highest BCUT2D eigenvalue weighted by Gasteiger charge is 2.49. The van der Waals surface area contributed by atoms with Gasteiger partial charge in [0.05, 0.1) is 0 Å². The molecule has 1 saturated heterocycles. The highest BCUT2D eigenvalue weighted by Crippen LogP contribution is 2.30. The van der Waals surface area contributed by atoms with Crippen LogP contribution in [0.5, 0.6) is 0 Å². The number of halogens is 1. The molecule has 0 aliphatic carbocycles. The zero-order valence-electron chi connectivity index (χ0n) is 16.3. The summed E-state index contributed by atoms with van der Waals surface area (Å²) in [7, 11) is 0. The number of benzene rings is 3. The first-order chi connectivity index (χ1) is 14.4. The molecule has 1 aliphatic rings. The molecule has 0 spiro atoms. The second kappa shape index (κ2) is 7.80. The standard InChI is InChI=1S/C23H20ClN3O3/c1-23(18-10-9-16-6-2-3-7-17(16)12-18)21(29)27(22(30)26-23)14-20(28)25-13-15-5-4-8-19(24)11-15/h2-12H,13-14H2,1H3,(H,25,28)(H,26,30). The summed E-state index contributed by atoms with van der Waals surface area (Å²) in [5, 5.41) is 8.03. The van der Waals surface area contributed by atoms with Gasteiger partial charge in [-0.05, 0) is 47.0 Å². The van der Waals surface area contributed by atoms with Gasteiger partial charge in [-0.1, -0.05) is 60.1 Å². The predicted octanol–water partition coefficient (Wildman–Crippen LogP) is 3.58. The van der Waals surface area contributed by atoms with Gasteiger partial charge in [-0.3, -0.25) is 14.5 Å². The Labute approximate surface area is 178 Å². The van der Waals surface area contributed by atoms with Gasteiger partial charge in [0.25, 0.3) is 5.91 Å². The van der Waals surface area contributed by atoms with Crippen LogP contribution in [0.1, 0.15) is 18.1 Å². The molecule has 30 heavy (non-hydrogen) atoms. The molecule has 1 atom stereocenters. The highest BCUT2D eigenvalue weighted by molar-refractivity contribution is 6.30. The zero-order chi connectivity index (χ0) is 21.3. The molecule has 0 aromatic heterocycles. The SMILES string of the molecule is CC1(c2ccc3ccccc3c2)NC(=O)N(CC(=O)NCc2cccc(Cl)c2)C1=O. The van der Waals surface area contributed by atoms with E-state index in [1.165, 1.54) is 0 Å². The fourth-order valence-corrected chi connectivity index (χ4v) is 3.80. The van der Waals surface area contributed by atoms with Crippen LogP contribution in [0, 0.1) is 0 Å². The molecule has 152 valence electrons. The molecule has 7 heteroatoms. The van der Waals surface area contributed by atoms with Crippen LogP contribution < -0.4 is 10.6 Å². The van der Waals surface area contributed by atoms with Crippen LogP contribution in [0.15, 0.2) is 66.7 Å². The van der Waals surface area contributed by atoms with Crippen LogP contribution in [-0.4, -0.2) is 29.3 Å². The first kappa shape index (κ1) is 19.9. The molecule has 3 aromatic rings. The molecule has 1 unspecified atom stereocenters. The third-order valence-corrected chi connectivity index (χ3v) is 5.52. The first-order valence-corrected chi connectivity index (χ1v) is 9.89. The van der Waals surface area contributed by atoms with Crippen molar-refractivity contribution in [1.29, 1.82) is 0 Å². The van der Waals surface area contributed by atoms with Crippen LogP contribution >= 0.6 is 11.6 Å². The lowest BCUT2D eigenvalue weighted by molar-refractivity contribution is -0.134. The normalized spacial score (nSPS) is 18.5. The molecular weight excluding hydrogens is 402 g/mol. The molecule has 6 nitrogen and oxygen atoms in total. The maximum absolute atomic E-state index is 13.1. The number of carbonyl (C=O) groups excluding carboxylic acids is 3. The topological polar surface area (TPSA) is 78.5 Å². The number of urea groups is 1. The Bertz CT molecular complexity index is 1160. The predicted molar refractivity (Wildman–Crippen MR) is 115 cm³/mol. The summed E-state index contributed by atoms with van der Waals surface area (Å²) in [4.78, 5) is 38.9. The van der Waals surface area contributed by atoms with Crippen LogP contribution in [0.25, 0.3) is 10.8 Å². The fourth-order valence-electron chi connectivity index (χ4n) is 3.58. The number of nitrogens with zero attached hydrogens (tertiary/aromatic N) is 1. The molecule has 0 saturated carbocycles. The van der Waals surface area contributed by atoms with Gasteiger partial charge in [0, 0.05) is 11.6 Å². The molecule has 2 N–H and O–H groups in total. The van der Waals surface area contributed by atoms with Crippen LogP contribution in [0.3, 0.4) is 0 Å². The Morgan fingerprint density at radius 1 is 1.03 bits per heavy atom. The number of nitrogens with one attached hydrogen (secondary N) is 2. The third kappa shape index (κ3) is 3.74. The summed E-state index contributed by atoms with van der Waals surface area (Å²) < 4.78 is 0. The lowest BCUT2D eigenvalue weighted by atomic mass is 9.90. The van der Waals surface area contributed by atoms with E-state index in [9.17, 15) is 14.4 Å². The number of hydrogen-bond donors (Lipinski definition) is 2. The van der Waals surface area contributed by atoms with Crippen molar-refractivity contribution in [2.45, 2.75) is 19.0 Å². The van der Waals surface area contributed by atoms with Gasteiger partial charge in [-0.25, -0.2) is 4.79 Å². The Morgan fingerprint density at radius 3 is 2.57 bits per heavy atom. The lowest BCUT2D eigenvalue weighted by Crippen LogP contribution is -2.43. The van der Waals surface area contributed by atoms with Crippen molar-refractivity contribution in [1.82, 2.24) is 15.5 Å². The minimum Gasteiger partial charge on any atom is -0.350 e. The van der Waals surface area contributed by atoms with Gasteiger partial charge in [-0.15, -0.1) is 0 Å². The van der Waals surface area contributed by atoms with E-state index in [-0.39, 0.29) is 13.1 Å². The Kier molecular flexibility index (Phi) is 5.18. The van der Waals surface area contributed by atoms with Crippen LogP contribution in [0.4, 0.5) is 4.79 Å². The van der Waals surface area contributed by atoms with Crippen molar-refractivity contribution in [3.05, 3.63) is 82.9 Å². The van der Waals surface area contributed by atoms with Crippen molar-refractivity contribution >= 4 is 40.2 Å². The monoisotopic (exact) mass is 421 g/mol. The van der Waals surface area contributed by atoms with E-state index >= 15 is 0 Å². The maximum atomic E-state index is 13.1. The van der Waals surface area contributed by atoms with Crippen LogP contribution in [-0.2, 0) is 21.7 Å². The molecule has 4 amide bonds. The first-order valence-electron chi connectivity index (χ1n) is 9.51. The minimum atomic E-state index is -1.23. The van der Waals surface area contributed by atoms with E-state index in [0.717, 1.165) is 21.2 Å². The smallest absolute Gasteiger partial charge is 0.325 e. The van der Waals surface area contributed by atoms with E-state index in [0.29, 0.717) is 10.6 Å². The van der Waals surface area contributed by atoms with Gasteiger partial charge in [0.1, 0.15) is 12.1 Å². The third-order valence-electron chi connectivity index (χ3n) is 5.28. The van der Waals surface area contributed by atoms with E-state index in [1.807, 2.05) is 48.5 Å². The molecule has 3 aromatic carbocycles. The Hall–Kier alpha value is -3.38. The molecular formula is C23H20ClN3O3. The number of hydrogen-bond acceptors (Lipinski definition) is 3. The highest BCUT2D eigenvalue weighted by atomic mass is 35.5. The summed E-state index contributed by atoms with van der Waals surface area (Å²) in [5.74, 6) is -0.887. The number of rotatable bonds is 5. The molecule has 4 rings (SSSR count). The summed E-state index contributed by atoms with van der Waals surface area (Å²) in [6, 6.07) is 19.9.